The zero-order chi connectivity index (χ0) is 20.1. The van der Waals surface area contributed by atoms with Gasteiger partial charge in [0.1, 0.15) is 5.69 Å². The predicted octanol–water partition coefficient (Wildman–Crippen LogP) is 3.43. The van der Waals surface area contributed by atoms with Crippen molar-refractivity contribution in [3.8, 4) is 5.75 Å². The number of hydrogen-bond acceptors (Lipinski definition) is 5. The summed E-state index contributed by atoms with van der Waals surface area (Å²) < 4.78 is 18.6. The molecule has 0 aliphatic rings. The van der Waals surface area contributed by atoms with Crippen LogP contribution in [0.15, 0.2) is 30.3 Å². The molecule has 1 amide bonds. The molecule has 0 atom stereocenters. The smallest absolute Gasteiger partial charge is 0.293 e. The van der Waals surface area contributed by atoms with E-state index < -0.39 is 16.6 Å². The number of aryl methyl sites for hydroxylation is 2. The number of anilines is 1. The summed E-state index contributed by atoms with van der Waals surface area (Å²) in [5, 5.41) is 13.8. The second-order valence-corrected chi connectivity index (χ2v) is 6.40. The van der Waals surface area contributed by atoms with Crippen LogP contribution >= 0.6 is 0 Å². The van der Waals surface area contributed by atoms with E-state index in [4.69, 9.17) is 4.74 Å². The number of nitrogens with one attached hydrogen (secondary N) is 1. The molecule has 0 saturated carbocycles. The number of ether oxygens (including phenoxy) is 1. The monoisotopic (exact) mass is 375 g/mol. The summed E-state index contributed by atoms with van der Waals surface area (Å²) in [5.74, 6) is -0.711. The van der Waals surface area contributed by atoms with E-state index in [1.165, 1.54) is 25.3 Å². The fraction of sp³-hybridized carbons (Fsp3) is 0.316. The van der Waals surface area contributed by atoms with Gasteiger partial charge in [-0.3, -0.25) is 19.8 Å². The van der Waals surface area contributed by atoms with Crippen LogP contribution in [-0.4, -0.2) is 36.4 Å². The lowest BCUT2D eigenvalue weighted by Gasteiger charge is -2.17. The Morgan fingerprint density at radius 3 is 2.52 bits per heavy atom. The highest BCUT2D eigenvalue weighted by Gasteiger charge is 2.18. The van der Waals surface area contributed by atoms with E-state index in [0.29, 0.717) is 12.1 Å². The Hall–Kier alpha value is -3.00. The molecule has 0 heterocycles. The summed E-state index contributed by atoms with van der Waals surface area (Å²) in [6.07, 6.45) is 0. The lowest BCUT2D eigenvalue weighted by atomic mass is 10.1. The van der Waals surface area contributed by atoms with Crippen LogP contribution in [0.25, 0.3) is 0 Å². The summed E-state index contributed by atoms with van der Waals surface area (Å²) in [6.45, 7) is 3.93. The van der Waals surface area contributed by atoms with Gasteiger partial charge in [-0.15, -0.1) is 0 Å². The maximum Gasteiger partial charge on any atom is 0.293 e. The Morgan fingerprint density at radius 2 is 1.93 bits per heavy atom. The van der Waals surface area contributed by atoms with E-state index in [9.17, 15) is 19.3 Å². The molecular formula is C19H22FN3O4. The van der Waals surface area contributed by atoms with Crippen molar-refractivity contribution in [1.29, 1.82) is 0 Å². The number of nitrogens with zero attached hydrogens (tertiary/aromatic N) is 2. The molecule has 0 saturated heterocycles. The largest absolute Gasteiger partial charge is 0.494 e. The molecule has 7 nitrogen and oxygen atoms in total. The number of carbonyl (C=O) groups is 1. The Labute approximate surface area is 156 Å². The molecule has 2 rings (SSSR count). The molecular weight excluding hydrogens is 353 g/mol. The minimum absolute atomic E-state index is 0.00226. The van der Waals surface area contributed by atoms with E-state index in [2.05, 4.69) is 5.32 Å². The van der Waals surface area contributed by atoms with Crippen LogP contribution in [-0.2, 0) is 11.3 Å². The third-order valence-electron chi connectivity index (χ3n) is 4.17. The number of methoxy groups -OCH3 is 1. The van der Waals surface area contributed by atoms with Crippen molar-refractivity contribution >= 4 is 17.3 Å². The van der Waals surface area contributed by atoms with E-state index in [1.807, 2.05) is 6.92 Å². The minimum Gasteiger partial charge on any atom is -0.494 e. The van der Waals surface area contributed by atoms with Crippen molar-refractivity contribution < 1.29 is 18.8 Å². The summed E-state index contributed by atoms with van der Waals surface area (Å²) in [6, 6.07) is 7.61. The van der Waals surface area contributed by atoms with Crippen LogP contribution in [0.1, 0.15) is 16.7 Å². The number of amides is 1. The molecule has 0 unspecified atom stereocenters. The number of carbonyl (C=O) groups excluding carboxylic acids is 1. The van der Waals surface area contributed by atoms with E-state index in [1.54, 1.807) is 31.0 Å². The number of nitro groups is 1. The molecule has 0 fully saturated rings. The van der Waals surface area contributed by atoms with Crippen molar-refractivity contribution in [3.05, 3.63) is 63.0 Å². The highest BCUT2D eigenvalue weighted by atomic mass is 19.1. The molecule has 144 valence electrons. The number of halogens is 1. The van der Waals surface area contributed by atoms with Gasteiger partial charge in [0, 0.05) is 12.6 Å². The Kier molecular flexibility index (Phi) is 6.46. The van der Waals surface area contributed by atoms with Gasteiger partial charge in [0.05, 0.1) is 18.6 Å². The molecule has 0 aliphatic carbocycles. The second-order valence-electron chi connectivity index (χ2n) is 6.40. The molecule has 2 aromatic rings. The van der Waals surface area contributed by atoms with Gasteiger partial charge in [-0.05, 0) is 55.8 Å². The fourth-order valence-corrected chi connectivity index (χ4v) is 2.66. The number of rotatable bonds is 7. The maximum absolute atomic E-state index is 13.8. The first-order valence-corrected chi connectivity index (χ1v) is 8.27. The molecule has 8 heteroatoms. The lowest BCUT2D eigenvalue weighted by molar-refractivity contribution is -0.384. The normalized spacial score (nSPS) is 10.7. The van der Waals surface area contributed by atoms with Crippen molar-refractivity contribution in [2.45, 2.75) is 20.4 Å². The van der Waals surface area contributed by atoms with Gasteiger partial charge >= 0.3 is 0 Å². The highest BCUT2D eigenvalue weighted by molar-refractivity contribution is 5.94. The third kappa shape index (κ3) is 5.24. The van der Waals surface area contributed by atoms with Crippen molar-refractivity contribution in [2.24, 2.45) is 0 Å². The van der Waals surface area contributed by atoms with E-state index in [-0.39, 0.29) is 23.7 Å². The van der Waals surface area contributed by atoms with Crippen molar-refractivity contribution in [3.63, 3.8) is 0 Å². The highest BCUT2D eigenvalue weighted by Crippen LogP contribution is 2.28. The standard InChI is InChI=1S/C19H22FN3O4/c1-12-7-16(17(23(25)26)8-13(12)2)21-19(24)11-22(3)10-14-5-6-18(27-4)15(20)9-14/h5-9H,10-11H2,1-4H3,(H,21,24). The van der Waals surface area contributed by atoms with Crippen LogP contribution in [0.5, 0.6) is 5.75 Å². The van der Waals surface area contributed by atoms with E-state index >= 15 is 0 Å². The molecule has 2 aromatic carbocycles. The van der Waals surface area contributed by atoms with E-state index in [0.717, 1.165) is 11.1 Å². The lowest BCUT2D eigenvalue weighted by Crippen LogP contribution is -2.30. The molecule has 0 bridgehead atoms. The van der Waals surface area contributed by atoms with Crippen LogP contribution in [0.3, 0.4) is 0 Å². The summed E-state index contributed by atoms with van der Waals surface area (Å²) in [4.78, 5) is 24.7. The van der Waals surface area contributed by atoms with Crippen molar-refractivity contribution in [2.75, 3.05) is 26.0 Å². The molecule has 0 aliphatic heterocycles. The predicted molar refractivity (Wildman–Crippen MR) is 100 cm³/mol. The van der Waals surface area contributed by atoms with Gasteiger partial charge in [-0.25, -0.2) is 4.39 Å². The SMILES string of the molecule is COc1ccc(CN(C)CC(=O)Nc2cc(C)c(C)cc2[N+](=O)[O-])cc1F. The van der Waals surface area contributed by atoms with Gasteiger partial charge in [-0.2, -0.15) is 0 Å². The first-order valence-electron chi connectivity index (χ1n) is 8.27. The average Bonchev–Trinajstić information content (AvgIpc) is 2.57. The zero-order valence-corrected chi connectivity index (χ0v) is 15.7. The molecule has 0 radical (unpaired) electrons. The van der Waals surface area contributed by atoms with Gasteiger partial charge in [0.15, 0.2) is 11.6 Å². The van der Waals surface area contributed by atoms with Gasteiger partial charge in [0.2, 0.25) is 5.91 Å². The maximum atomic E-state index is 13.8. The summed E-state index contributed by atoms with van der Waals surface area (Å²) in [5.41, 5.74) is 2.32. The molecule has 0 spiro atoms. The third-order valence-corrected chi connectivity index (χ3v) is 4.17. The number of nitro benzene ring substituents is 1. The van der Waals surface area contributed by atoms with Gasteiger partial charge in [-0.1, -0.05) is 6.07 Å². The topological polar surface area (TPSA) is 84.7 Å². The number of hydrogen-bond donors (Lipinski definition) is 1. The number of likely N-dealkylation sites (N-methyl/N-ethyl adjacent to an activating group) is 1. The summed E-state index contributed by atoms with van der Waals surface area (Å²) in [7, 11) is 3.09. The van der Waals surface area contributed by atoms with Crippen LogP contribution in [0, 0.1) is 29.8 Å². The second kappa shape index (κ2) is 8.59. The fourth-order valence-electron chi connectivity index (χ4n) is 2.66. The Balaban J connectivity index is 2.04. The summed E-state index contributed by atoms with van der Waals surface area (Å²) >= 11 is 0. The van der Waals surface area contributed by atoms with Gasteiger partial charge in [0.25, 0.3) is 5.69 Å². The Bertz CT molecular complexity index is 870. The first-order chi connectivity index (χ1) is 12.7. The van der Waals surface area contributed by atoms with Gasteiger partial charge < -0.3 is 10.1 Å². The quantitative estimate of drug-likeness (QED) is 0.592. The average molecular weight is 375 g/mol. The van der Waals surface area contributed by atoms with Crippen LogP contribution in [0.2, 0.25) is 0 Å². The molecule has 27 heavy (non-hydrogen) atoms. The molecule has 1 N–H and O–H groups in total. The first kappa shape index (κ1) is 20.3. The van der Waals surface area contributed by atoms with Crippen LogP contribution < -0.4 is 10.1 Å². The zero-order valence-electron chi connectivity index (χ0n) is 15.7. The Morgan fingerprint density at radius 1 is 1.26 bits per heavy atom. The van der Waals surface area contributed by atoms with Crippen LogP contribution in [0.4, 0.5) is 15.8 Å². The molecule has 0 aromatic heterocycles. The van der Waals surface area contributed by atoms with Crippen molar-refractivity contribution in [1.82, 2.24) is 4.90 Å². The minimum atomic E-state index is -0.522. The number of benzene rings is 2.